The number of carbonyl (C=O) groups excluding carboxylic acids is 1. The van der Waals surface area contributed by atoms with Gasteiger partial charge in [-0.25, -0.2) is 13.8 Å². The van der Waals surface area contributed by atoms with Crippen molar-refractivity contribution < 1.29 is 13.6 Å². The van der Waals surface area contributed by atoms with Crippen LogP contribution in [-0.4, -0.2) is 22.1 Å². The van der Waals surface area contributed by atoms with Crippen molar-refractivity contribution in [2.75, 3.05) is 11.6 Å². The van der Waals surface area contributed by atoms with E-state index in [2.05, 4.69) is 15.3 Å². The maximum atomic E-state index is 13.1. The van der Waals surface area contributed by atoms with E-state index in [0.717, 1.165) is 18.2 Å². The van der Waals surface area contributed by atoms with Crippen LogP contribution in [0.4, 0.5) is 14.5 Å². The summed E-state index contributed by atoms with van der Waals surface area (Å²) in [6, 6.07) is 2.76. The van der Waals surface area contributed by atoms with Gasteiger partial charge in [-0.05, 0) is 31.7 Å². The number of aryl methyl sites for hydroxylation is 1. The number of hydrogen-bond donors (Lipinski definition) is 2. The predicted octanol–water partition coefficient (Wildman–Crippen LogP) is 2.65. The van der Waals surface area contributed by atoms with Crippen LogP contribution in [0.3, 0.4) is 0 Å². The van der Waals surface area contributed by atoms with E-state index < -0.39 is 17.5 Å². The lowest BCUT2D eigenvalue weighted by atomic mass is 10.1. The molecular weight excluding hydrogens is 324 g/mol. The molecule has 0 spiro atoms. The molecule has 1 aromatic heterocycles. The topological polar surface area (TPSA) is 74.8 Å². The molecule has 0 aliphatic carbocycles. The Hall–Kier alpha value is -2.22. The standard InChI is InChI=1S/C15H15F2N3O2S/c1-8-12(14(22)20-15(18-8)23-2)3-4-13(21)19-11-6-9(16)5-10(17)7-11/h5-7H,3-4H2,1-2H3,(H,19,21)(H,18,20,22). The Kier molecular flexibility index (Phi) is 5.49. The lowest BCUT2D eigenvalue weighted by Crippen LogP contribution is -2.20. The summed E-state index contributed by atoms with van der Waals surface area (Å²) in [5, 5.41) is 2.91. The Morgan fingerprint density at radius 3 is 2.52 bits per heavy atom. The fraction of sp³-hybridized carbons (Fsp3) is 0.267. The first-order valence-electron chi connectivity index (χ1n) is 6.78. The maximum absolute atomic E-state index is 13.1. The number of benzene rings is 1. The Labute approximate surface area is 135 Å². The number of nitrogens with one attached hydrogen (secondary N) is 2. The molecule has 0 aliphatic heterocycles. The third-order valence-electron chi connectivity index (χ3n) is 3.14. The molecular formula is C15H15F2N3O2S. The Balaban J connectivity index is 2.03. The van der Waals surface area contributed by atoms with Gasteiger partial charge in [0.1, 0.15) is 11.6 Å². The quantitative estimate of drug-likeness (QED) is 0.649. The molecule has 0 saturated heterocycles. The summed E-state index contributed by atoms with van der Waals surface area (Å²) in [5.74, 6) is -1.99. The van der Waals surface area contributed by atoms with Crippen molar-refractivity contribution in [1.82, 2.24) is 9.97 Å². The van der Waals surface area contributed by atoms with Gasteiger partial charge in [0.05, 0.1) is 0 Å². The Morgan fingerprint density at radius 1 is 1.30 bits per heavy atom. The molecule has 2 aromatic rings. The first-order chi connectivity index (χ1) is 10.9. The molecule has 0 saturated carbocycles. The number of aromatic nitrogens is 2. The first kappa shape index (κ1) is 17.1. The average molecular weight is 339 g/mol. The molecule has 0 radical (unpaired) electrons. The van der Waals surface area contributed by atoms with Gasteiger partial charge in [0.2, 0.25) is 5.91 Å². The minimum atomic E-state index is -0.774. The van der Waals surface area contributed by atoms with Gasteiger partial charge in [0, 0.05) is 29.4 Å². The van der Waals surface area contributed by atoms with Crippen molar-refractivity contribution in [3.8, 4) is 0 Å². The van der Waals surface area contributed by atoms with E-state index in [1.807, 2.05) is 0 Å². The lowest BCUT2D eigenvalue weighted by Gasteiger charge is -2.07. The molecule has 1 aromatic carbocycles. The van der Waals surface area contributed by atoms with Gasteiger partial charge >= 0.3 is 0 Å². The average Bonchev–Trinajstić information content (AvgIpc) is 2.44. The summed E-state index contributed by atoms with van der Waals surface area (Å²) in [6.45, 7) is 1.70. The molecule has 2 N–H and O–H groups in total. The van der Waals surface area contributed by atoms with Gasteiger partial charge < -0.3 is 10.3 Å². The van der Waals surface area contributed by atoms with Gasteiger partial charge in [-0.3, -0.25) is 9.59 Å². The zero-order chi connectivity index (χ0) is 17.0. The largest absolute Gasteiger partial charge is 0.326 e. The molecule has 1 heterocycles. The molecule has 0 unspecified atom stereocenters. The Morgan fingerprint density at radius 2 is 1.96 bits per heavy atom. The third-order valence-corrected chi connectivity index (χ3v) is 3.72. The second-order valence-corrected chi connectivity index (χ2v) is 5.64. The maximum Gasteiger partial charge on any atom is 0.254 e. The van der Waals surface area contributed by atoms with Crippen LogP contribution in [0, 0.1) is 18.6 Å². The van der Waals surface area contributed by atoms with Crippen molar-refractivity contribution in [1.29, 1.82) is 0 Å². The van der Waals surface area contributed by atoms with Gasteiger partial charge in [-0.15, -0.1) is 0 Å². The molecule has 1 amide bonds. The van der Waals surface area contributed by atoms with Crippen LogP contribution in [0.15, 0.2) is 28.2 Å². The third kappa shape index (κ3) is 4.62. The molecule has 5 nitrogen and oxygen atoms in total. The van der Waals surface area contributed by atoms with Gasteiger partial charge in [-0.1, -0.05) is 11.8 Å². The number of anilines is 1. The predicted molar refractivity (Wildman–Crippen MR) is 84.7 cm³/mol. The number of halogens is 2. The highest BCUT2D eigenvalue weighted by molar-refractivity contribution is 7.98. The van der Waals surface area contributed by atoms with Crippen LogP contribution in [0.1, 0.15) is 17.7 Å². The molecule has 0 fully saturated rings. The minimum Gasteiger partial charge on any atom is -0.326 e. The fourth-order valence-corrected chi connectivity index (χ4v) is 2.49. The molecule has 0 bridgehead atoms. The second kappa shape index (κ2) is 7.36. The summed E-state index contributed by atoms with van der Waals surface area (Å²) in [5.41, 5.74) is 0.728. The summed E-state index contributed by atoms with van der Waals surface area (Å²) >= 11 is 1.32. The zero-order valence-electron chi connectivity index (χ0n) is 12.6. The van der Waals surface area contributed by atoms with Crippen LogP contribution in [0.5, 0.6) is 0 Å². The molecule has 0 aliphatic rings. The number of H-pyrrole nitrogens is 1. The smallest absolute Gasteiger partial charge is 0.254 e. The van der Waals surface area contributed by atoms with Crippen molar-refractivity contribution in [2.24, 2.45) is 0 Å². The molecule has 23 heavy (non-hydrogen) atoms. The second-order valence-electron chi connectivity index (χ2n) is 4.85. The van der Waals surface area contributed by atoms with E-state index in [1.165, 1.54) is 11.8 Å². The van der Waals surface area contributed by atoms with Crippen LogP contribution in [-0.2, 0) is 11.2 Å². The molecule has 8 heteroatoms. The zero-order valence-corrected chi connectivity index (χ0v) is 13.4. The van der Waals surface area contributed by atoms with Crippen molar-refractivity contribution in [3.05, 3.63) is 51.4 Å². The number of rotatable bonds is 5. The van der Waals surface area contributed by atoms with Crippen molar-refractivity contribution in [2.45, 2.75) is 24.9 Å². The summed E-state index contributed by atoms with van der Waals surface area (Å²) in [6.07, 6.45) is 1.98. The molecule has 122 valence electrons. The van der Waals surface area contributed by atoms with E-state index in [1.54, 1.807) is 13.2 Å². The van der Waals surface area contributed by atoms with Crippen LogP contribution in [0.25, 0.3) is 0 Å². The monoisotopic (exact) mass is 339 g/mol. The summed E-state index contributed by atoms with van der Waals surface area (Å²) in [4.78, 5) is 30.6. The molecule has 2 rings (SSSR count). The van der Waals surface area contributed by atoms with Crippen LogP contribution in [0.2, 0.25) is 0 Å². The number of amides is 1. The number of nitrogens with zero attached hydrogens (tertiary/aromatic N) is 1. The van der Waals surface area contributed by atoms with Gasteiger partial charge in [0.15, 0.2) is 5.16 Å². The number of thioether (sulfide) groups is 1. The van der Waals surface area contributed by atoms with Crippen molar-refractivity contribution in [3.63, 3.8) is 0 Å². The fourth-order valence-electron chi connectivity index (χ4n) is 2.06. The summed E-state index contributed by atoms with van der Waals surface area (Å²) < 4.78 is 26.1. The normalized spacial score (nSPS) is 10.6. The highest BCUT2D eigenvalue weighted by atomic mass is 32.2. The van der Waals surface area contributed by atoms with Crippen molar-refractivity contribution >= 4 is 23.4 Å². The van der Waals surface area contributed by atoms with E-state index in [-0.39, 0.29) is 24.1 Å². The van der Waals surface area contributed by atoms with E-state index >= 15 is 0 Å². The van der Waals surface area contributed by atoms with Crippen LogP contribution >= 0.6 is 11.8 Å². The lowest BCUT2D eigenvalue weighted by molar-refractivity contribution is -0.116. The number of carbonyl (C=O) groups is 1. The highest BCUT2D eigenvalue weighted by Gasteiger charge is 2.11. The molecule has 0 atom stereocenters. The minimum absolute atomic E-state index is 0.00233. The highest BCUT2D eigenvalue weighted by Crippen LogP contribution is 2.14. The van der Waals surface area contributed by atoms with E-state index in [4.69, 9.17) is 0 Å². The SMILES string of the molecule is CSc1nc(C)c(CCC(=O)Nc2cc(F)cc(F)c2)c(=O)[nH]1. The summed E-state index contributed by atoms with van der Waals surface area (Å²) in [7, 11) is 0. The van der Waals surface area contributed by atoms with E-state index in [0.29, 0.717) is 16.4 Å². The Bertz CT molecular complexity index is 773. The van der Waals surface area contributed by atoms with Gasteiger partial charge in [0.25, 0.3) is 5.56 Å². The first-order valence-corrected chi connectivity index (χ1v) is 8.01. The van der Waals surface area contributed by atoms with Gasteiger partial charge in [-0.2, -0.15) is 0 Å². The van der Waals surface area contributed by atoms with Crippen LogP contribution < -0.4 is 10.9 Å². The number of aromatic amines is 1. The van der Waals surface area contributed by atoms with E-state index in [9.17, 15) is 18.4 Å². The number of hydrogen-bond acceptors (Lipinski definition) is 4.